The van der Waals surface area contributed by atoms with Gasteiger partial charge in [-0.2, -0.15) is 0 Å². The number of rotatable bonds is 9. The number of aromatic nitrogens is 2. The Kier molecular flexibility index (Phi) is 6.90. The largest absolute Gasteiger partial charge is 0.545 e. The molecule has 0 saturated heterocycles. The fourth-order valence-electron chi connectivity index (χ4n) is 2.66. The van der Waals surface area contributed by atoms with Crippen LogP contribution in [0.3, 0.4) is 0 Å². The number of carboxylic acids is 1. The Hall–Kier alpha value is -4.55. The van der Waals surface area contributed by atoms with Gasteiger partial charge in [0, 0.05) is 50.3 Å². The standard InChI is InChI=1S/C19H18N6O7/c26-14(7-10-24-16(27)5-6-17(24)28)20-8-9-21-19(31)22-15-11-25(23-32-15)13-3-1-12(2-4-13)18(29)30/h1-6,11H,7-10H2,(H3-,20,21,22,23,26,29,30,31). The number of aromatic carboxylic acids is 1. The van der Waals surface area contributed by atoms with E-state index in [4.69, 9.17) is 4.52 Å². The monoisotopic (exact) mass is 442 g/mol. The summed E-state index contributed by atoms with van der Waals surface area (Å²) in [6.45, 7) is 0.221. The Labute approximate surface area is 180 Å². The second kappa shape index (κ2) is 9.97. The summed E-state index contributed by atoms with van der Waals surface area (Å²) in [6, 6.07) is 5.07. The predicted octanol–water partition coefficient (Wildman–Crippen LogP) is -2.13. The molecule has 0 saturated carbocycles. The van der Waals surface area contributed by atoms with Gasteiger partial charge in [0.2, 0.25) is 16.9 Å². The van der Waals surface area contributed by atoms with Crippen molar-refractivity contribution in [2.75, 3.05) is 25.0 Å². The fraction of sp³-hybridized carbons (Fsp3) is 0.211. The number of imide groups is 1. The minimum absolute atomic E-state index is 0.0118. The summed E-state index contributed by atoms with van der Waals surface area (Å²) in [5.74, 6) is -2.55. The molecule has 1 aliphatic heterocycles. The Morgan fingerprint density at radius 1 is 1.03 bits per heavy atom. The number of nitrogens with zero attached hydrogens (tertiary/aromatic N) is 3. The average Bonchev–Trinajstić information content (AvgIpc) is 3.36. The third-order valence-electron chi connectivity index (χ3n) is 4.27. The van der Waals surface area contributed by atoms with Gasteiger partial charge < -0.3 is 20.5 Å². The summed E-state index contributed by atoms with van der Waals surface area (Å²) in [7, 11) is 0. The predicted molar refractivity (Wildman–Crippen MR) is 103 cm³/mol. The molecule has 1 aliphatic rings. The van der Waals surface area contributed by atoms with Gasteiger partial charge in [0.25, 0.3) is 18.0 Å². The second-order valence-electron chi connectivity index (χ2n) is 6.49. The Bertz CT molecular complexity index is 1060. The zero-order valence-corrected chi connectivity index (χ0v) is 16.6. The summed E-state index contributed by atoms with van der Waals surface area (Å²) < 4.78 is 6.28. The maximum Gasteiger partial charge on any atom is 0.321 e. The minimum atomic E-state index is -1.30. The highest BCUT2D eigenvalue weighted by Gasteiger charge is 2.23. The summed E-state index contributed by atoms with van der Waals surface area (Å²) in [5, 5.41) is 22.0. The lowest BCUT2D eigenvalue weighted by Gasteiger charge is -2.13. The molecule has 0 unspecified atom stereocenters. The molecule has 0 aliphatic carbocycles. The van der Waals surface area contributed by atoms with E-state index in [1.54, 1.807) is 0 Å². The second-order valence-corrected chi connectivity index (χ2v) is 6.49. The Morgan fingerprint density at radius 2 is 1.69 bits per heavy atom. The van der Waals surface area contributed by atoms with Crippen LogP contribution in [0.15, 0.2) is 47.1 Å². The van der Waals surface area contributed by atoms with Crippen molar-refractivity contribution >= 4 is 35.6 Å². The summed E-state index contributed by atoms with van der Waals surface area (Å²) in [4.78, 5) is 58.2. The van der Waals surface area contributed by atoms with Crippen molar-refractivity contribution in [2.24, 2.45) is 0 Å². The minimum Gasteiger partial charge on any atom is -0.545 e. The van der Waals surface area contributed by atoms with Crippen LogP contribution >= 0.6 is 0 Å². The Balaban J connectivity index is 1.35. The maximum atomic E-state index is 11.9. The topological polar surface area (TPSA) is 178 Å². The molecule has 3 N–H and O–H groups in total. The number of hydrogen-bond acceptors (Lipinski definition) is 8. The van der Waals surface area contributed by atoms with Crippen LogP contribution in [0.4, 0.5) is 10.7 Å². The molecule has 13 heteroatoms. The van der Waals surface area contributed by atoms with Crippen LogP contribution < -0.4 is 25.7 Å². The SMILES string of the molecule is O=C(CCN1C(=O)C=CC1=O)NCCNC(=O)Nc1c[n+](-c2ccc(C(=O)[O-])cc2)no1. The zero-order chi connectivity index (χ0) is 23.1. The molecule has 0 bridgehead atoms. The molecule has 0 atom stereocenters. The van der Waals surface area contributed by atoms with Crippen molar-refractivity contribution in [3.05, 3.63) is 48.2 Å². The fourth-order valence-corrected chi connectivity index (χ4v) is 2.66. The van der Waals surface area contributed by atoms with Crippen molar-refractivity contribution in [3.63, 3.8) is 0 Å². The highest BCUT2D eigenvalue weighted by atomic mass is 16.5. The number of benzene rings is 1. The van der Waals surface area contributed by atoms with E-state index in [9.17, 15) is 29.1 Å². The molecule has 1 aromatic heterocycles. The molecular formula is C19H18N6O7. The zero-order valence-electron chi connectivity index (χ0n) is 16.6. The summed E-state index contributed by atoms with van der Waals surface area (Å²) in [6.07, 6.45) is 3.62. The van der Waals surface area contributed by atoms with Crippen molar-refractivity contribution in [1.29, 1.82) is 0 Å². The molecule has 13 nitrogen and oxygen atoms in total. The van der Waals surface area contributed by atoms with E-state index in [1.807, 2.05) is 0 Å². The third-order valence-corrected chi connectivity index (χ3v) is 4.27. The first kappa shape index (κ1) is 22.1. The van der Waals surface area contributed by atoms with Gasteiger partial charge in [0.15, 0.2) is 0 Å². The van der Waals surface area contributed by atoms with Gasteiger partial charge in [-0.15, -0.1) is 0 Å². The number of hydrogen-bond donors (Lipinski definition) is 3. The van der Waals surface area contributed by atoms with Crippen molar-refractivity contribution in [1.82, 2.24) is 20.8 Å². The van der Waals surface area contributed by atoms with Gasteiger partial charge in [0.1, 0.15) is 0 Å². The van der Waals surface area contributed by atoms with Gasteiger partial charge in [-0.05, 0) is 22.4 Å². The number of carboxylic acid groups (broad SMARTS) is 1. The van der Waals surface area contributed by atoms with E-state index in [0.717, 1.165) is 17.1 Å². The number of urea groups is 1. The molecule has 2 aromatic rings. The lowest BCUT2D eigenvalue weighted by molar-refractivity contribution is -0.670. The van der Waals surface area contributed by atoms with Gasteiger partial charge >= 0.3 is 11.9 Å². The normalized spacial score (nSPS) is 12.7. The van der Waals surface area contributed by atoms with Gasteiger partial charge in [-0.25, -0.2) is 4.79 Å². The van der Waals surface area contributed by atoms with Gasteiger partial charge in [0.05, 0.1) is 5.97 Å². The summed E-state index contributed by atoms with van der Waals surface area (Å²) >= 11 is 0. The summed E-state index contributed by atoms with van der Waals surface area (Å²) in [5.41, 5.74) is 0.515. The maximum absolute atomic E-state index is 11.9. The smallest absolute Gasteiger partial charge is 0.321 e. The first-order valence-electron chi connectivity index (χ1n) is 9.39. The number of anilines is 1. The Morgan fingerprint density at radius 3 is 2.34 bits per heavy atom. The van der Waals surface area contributed by atoms with E-state index in [0.29, 0.717) is 5.69 Å². The van der Waals surface area contributed by atoms with Crippen molar-refractivity contribution in [2.45, 2.75) is 6.42 Å². The van der Waals surface area contributed by atoms with E-state index < -0.39 is 23.8 Å². The van der Waals surface area contributed by atoms with Crippen molar-refractivity contribution in [3.8, 4) is 5.69 Å². The molecule has 2 heterocycles. The highest BCUT2D eigenvalue weighted by molar-refractivity contribution is 6.13. The lowest BCUT2D eigenvalue weighted by Crippen LogP contribution is -2.38. The van der Waals surface area contributed by atoms with E-state index >= 15 is 0 Å². The van der Waals surface area contributed by atoms with Crippen LogP contribution in [0.5, 0.6) is 0 Å². The molecule has 5 amide bonds. The van der Waals surface area contributed by atoms with Gasteiger partial charge in [-0.3, -0.25) is 29.1 Å². The van der Waals surface area contributed by atoms with E-state index in [2.05, 4.69) is 21.2 Å². The third kappa shape index (κ3) is 5.75. The number of amides is 5. The average molecular weight is 442 g/mol. The molecule has 166 valence electrons. The first-order chi connectivity index (χ1) is 15.3. The van der Waals surface area contributed by atoms with Crippen LogP contribution in [-0.2, 0) is 14.4 Å². The van der Waals surface area contributed by atoms with Crippen LogP contribution in [0, 0.1) is 0 Å². The van der Waals surface area contributed by atoms with E-state index in [-0.39, 0.29) is 43.4 Å². The van der Waals surface area contributed by atoms with Gasteiger partial charge in [-0.1, -0.05) is 0 Å². The number of nitrogens with one attached hydrogen (secondary N) is 3. The molecule has 1 aromatic carbocycles. The lowest BCUT2D eigenvalue weighted by atomic mass is 10.2. The molecule has 32 heavy (non-hydrogen) atoms. The molecule has 3 rings (SSSR count). The molecule has 0 radical (unpaired) electrons. The quantitative estimate of drug-likeness (QED) is 0.224. The van der Waals surface area contributed by atoms with Crippen LogP contribution in [0.1, 0.15) is 16.8 Å². The number of carbonyl (C=O) groups excluding carboxylic acids is 5. The van der Waals surface area contributed by atoms with Crippen LogP contribution in [0.25, 0.3) is 5.69 Å². The molecule has 0 fully saturated rings. The van der Waals surface area contributed by atoms with Crippen LogP contribution in [0.2, 0.25) is 0 Å². The van der Waals surface area contributed by atoms with E-state index in [1.165, 1.54) is 35.1 Å². The molecule has 0 spiro atoms. The molecular weight excluding hydrogens is 424 g/mol. The highest BCUT2D eigenvalue weighted by Crippen LogP contribution is 2.06. The van der Waals surface area contributed by atoms with Crippen molar-refractivity contribution < 1.29 is 38.3 Å². The number of carbonyl (C=O) groups is 5. The van der Waals surface area contributed by atoms with Crippen LogP contribution in [-0.4, -0.2) is 59.5 Å². The first-order valence-corrected chi connectivity index (χ1v) is 9.39.